The van der Waals surface area contributed by atoms with Gasteiger partial charge in [-0.3, -0.25) is 0 Å². The smallest absolute Gasteiger partial charge is 0.243 e. The van der Waals surface area contributed by atoms with Gasteiger partial charge in [0.25, 0.3) is 0 Å². The molecule has 3 aromatic rings. The van der Waals surface area contributed by atoms with E-state index in [9.17, 15) is 8.42 Å². The molecule has 2 aromatic heterocycles. The molecule has 0 unspecified atom stereocenters. The summed E-state index contributed by atoms with van der Waals surface area (Å²) in [5.74, 6) is 0. The fourth-order valence-corrected chi connectivity index (χ4v) is 4.53. The number of aromatic nitrogens is 2. The first-order chi connectivity index (χ1) is 11.1. The zero-order valence-electron chi connectivity index (χ0n) is 12.1. The second kappa shape index (κ2) is 5.45. The van der Waals surface area contributed by atoms with E-state index in [4.69, 9.17) is 16.3 Å². The first kappa shape index (κ1) is 14.9. The Morgan fingerprint density at radius 1 is 1.22 bits per heavy atom. The topological polar surface area (TPSA) is 75.3 Å². The number of H-pyrrole nitrogens is 1. The van der Waals surface area contributed by atoms with Gasteiger partial charge in [-0.15, -0.1) is 0 Å². The summed E-state index contributed by atoms with van der Waals surface area (Å²) in [4.78, 5) is 7.65. The normalized spacial score (nSPS) is 17.1. The number of hydrogen-bond acceptors (Lipinski definition) is 4. The van der Waals surface area contributed by atoms with Gasteiger partial charge in [-0.2, -0.15) is 4.31 Å². The second-order valence-corrected chi connectivity index (χ2v) is 7.71. The fraction of sp³-hybridized carbons (Fsp3) is 0.267. The lowest BCUT2D eigenvalue weighted by Crippen LogP contribution is -2.40. The number of sulfonamides is 1. The summed E-state index contributed by atoms with van der Waals surface area (Å²) in [7, 11) is -3.54. The molecule has 23 heavy (non-hydrogen) atoms. The van der Waals surface area contributed by atoms with Crippen LogP contribution in [0.4, 0.5) is 0 Å². The Balaban J connectivity index is 1.89. The minimum absolute atomic E-state index is 0.257. The van der Waals surface area contributed by atoms with Gasteiger partial charge in [0.2, 0.25) is 10.0 Å². The monoisotopic (exact) mass is 351 g/mol. The Labute approximate surface area is 138 Å². The number of nitrogens with one attached hydrogen (secondary N) is 1. The summed E-state index contributed by atoms with van der Waals surface area (Å²) in [5.41, 5.74) is 1.45. The van der Waals surface area contributed by atoms with E-state index in [1.165, 1.54) is 4.31 Å². The Hall–Kier alpha value is -1.67. The first-order valence-electron chi connectivity index (χ1n) is 7.21. The van der Waals surface area contributed by atoms with Crippen LogP contribution in [0.25, 0.3) is 21.9 Å². The van der Waals surface area contributed by atoms with Crippen molar-refractivity contribution in [2.75, 3.05) is 26.3 Å². The minimum Gasteiger partial charge on any atom is -0.379 e. The van der Waals surface area contributed by atoms with Gasteiger partial charge in [-0.05, 0) is 24.3 Å². The van der Waals surface area contributed by atoms with Crippen LogP contribution in [0.1, 0.15) is 0 Å². The third-order valence-corrected chi connectivity index (χ3v) is 6.23. The molecule has 8 heteroatoms. The fourth-order valence-electron chi connectivity index (χ4n) is 2.85. The molecular weight excluding hydrogens is 338 g/mol. The van der Waals surface area contributed by atoms with Crippen molar-refractivity contribution in [2.24, 2.45) is 0 Å². The van der Waals surface area contributed by atoms with Crippen molar-refractivity contribution in [2.45, 2.75) is 4.90 Å². The number of pyridine rings is 1. The van der Waals surface area contributed by atoms with Gasteiger partial charge in [0.1, 0.15) is 5.65 Å². The van der Waals surface area contributed by atoms with E-state index in [1.807, 2.05) is 0 Å². The molecule has 1 saturated heterocycles. The van der Waals surface area contributed by atoms with E-state index in [1.54, 1.807) is 30.5 Å². The lowest BCUT2D eigenvalue weighted by atomic mass is 10.2. The summed E-state index contributed by atoms with van der Waals surface area (Å²) < 4.78 is 32.2. The highest BCUT2D eigenvalue weighted by molar-refractivity contribution is 7.89. The Morgan fingerprint density at radius 2 is 2.00 bits per heavy atom. The van der Waals surface area contributed by atoms with E-state index in [-0.39, 0.29) is 4.90 Å². The molecule has 0 saturated carbocycles. The Morgan fingerprint density at radius 3 is 2.78 bits per heavy atom. The number of aromatic amines is 1. The summed E-state index contributed by atoms with van der Waals surface area (Å²) in [6.45, 7) is 1.59. The molecule has 4 rings (SSSR count). The quantitative estimate of drug-likeness (QED) is 0.769. The maximum absolute atomic E-state index is 12.8. The number of hydrogen-bond donors (Lipinski definition) is 1. The van der Waals surface area contributed by atoms with Crippen molar-refractivity contribution in [3.63, 3.8) is 0 Å². The number of halogens is 1. The van der Waals surface area contributed by atoms with E-state index in [2.05, 4.69) is 9.97 Å². The van der Waals surface area contributed by atoms with Gasteiger partial charge in [-0.1, -0.05) is 11.6 Å². The third kappa shape index (κ3) is 2.40. The molecule has 120 valence electrons. The molecular formula is C15H14ClN3O3S. The van der Waals surface area contributed by atoms with Gasteiger partial charge in [0.15, 0.2) is 0 Å². The maximum Gasteiger partial charge on any atom is 0.243 e. The number of ether oxygens (including phenoxy) is 1. The van der Waals surface area contributed by atoms with E-state index >= 15 is 0 Å². The molecule has 1 N–H and O–H groups in total. The molecule has 1 aliphatic heterocycles. The van der Waals surface area contributed by atoms with Crippen molar-refractivity contribution >= 4 is 43.6 Å². The number of morpholine rings is 1. The molecule has 1 aromatic carbocycles. The molecule has 6 nitrogen and oxygen atoms in total. The summed E-state index contributed by atoms with van der Waals surface area (Å²) >= 11 is 6.26. The largest absolute Gasteiger partial charge is 0.379 e. The standard InChI is InChI=1S/C15H14ClN3O3S/c16-12-3-4-17-15-14(12)11-9-10(1-2-13(11)18-15)23(20,21)19-5-7-22-8-6-19/h1-4,9H,5-8H2,(H,17,18). The number of benzene rings is 1. The first-order valence-corrected chi connectivity index (χ1v) is 9.03. The number of fused-ring (bicyclic) bond motifs is 3. The lowest BCUT2D eigenvalue weighted by molar-refractivity contribution is 0.0730. The van der Waals surface area contributed by atoms with Gasteiger partial charge in [-0.25, -0.2) is 13.4 Å². The van der Waals surface area contributed by atoms with Gasteiger partial charge < -0.3 is 9.72 Å². The number of rotatable bonds is 2. The highest BCUT2D eigenvalue weighted by atomic mass is 35.5. The maximum atomic E-state index is 12.8. The van der Waals surface area contributed by atoms with Gasteiger partial charge >= 0.3 is 0 Å². The van der Waals surface area contributed by atoms with Crippen molar-refractivity contribution in [3.05, 3.63) is 35.5 Å². The van der Waals surface area contributed by atoms with Crippen LogP contribution in [0.3, 0.4) is 0 Å². The van der Waals surface area contributed by atoms with E-state index in [0.717, 1.165) is 16.3 Å². The average Bonchev–Trinajstić information content (AvgIpc) is 2.94. The van der Waals surface area contributed by atoms with Crippen LogP contribution in [0, 0.1) is 0 Å². The molecule has 1 aliphatic rings. The molecule has 0 bridgehead atoms. The van der Waals surface area contributed by atoms with Crippen LogP contribution in [0.2, 0.25) is 5.02 Å². The van der Waals surface area contributed by atoms with Crippen LogP contribution in [-0.2, 0) is 14.8 Å². The zero-order chi connectivity index (χ0) is 16.0. The van der Waals surface area contributed by atoms with E-state index in [0.29, 0.717) is 37.0 Å². The van der Waals surface area contributed by atoms with Gasteiger partial charge in [0.05, 0.1) is 23.1 Å². The molecule has 0 amide bonds. The predicted octanol–water partition coefficient (Wildman–Crippen LogP) is 2.39. The lowest BCUT2D eigenvalue weighted by Gasteiger charge is -2.26. The molecule has 0 spiro atoms. The van der Waals surface area contributed by atoms with Crippen molar-refractivity contribution < 1.29 is 13.2 Å². The second-order valence-electron chi connectivity index (χ2n) is 5.37. The third-order valence-electron chi connectivity index (χ3n) is 4.02. The van der Waals surface area contributed by atoms with Crippen LogP contribution < -0.4 is 0 Å². The SMILES string of the molecule is O=S(=O)(c1ccc2[nH]c3nccc(Cl)c3c2c1)N1CCOCC1. The highest BCUT2D eigenvalue weighted by Gasteiger charge is 2.26. The van der Waals surface area contributed by atoms with Crippen LogP contribution in [0.5, 0.6) is 0 Å². The van der Waals surface area contributed by atoms with Crippen LogP contribution in [-0.4, -0.2) is 49.0 Å². The van der Waals surface area contributed by atoms with Crippen LogP contribution >= 0.6 is 11.6 Å². The van der Waals surface area contributed by atoms with E-state index < -0.39 is 10.0 Å². The van der Waals surface area contributed by atoms with Crippen molar-refractivity contribution in [3.8, 4) is 0 Å². The summed E-state index contributed by atoms with van der Waals surface area (Å²) in [5, 5.41) is 2.04. The Kier molecular flexibility index (Phi) is 3.53. The molecule has 0 radical (unpaired) electrons. The van der Waals surface area contributed by atoms with Crippen molar-refractivity contribution in [1.82, 2.24) is 14.3 Å². The molecule has 0 aliphatic carbocycles. The minimum atomic E-state index is -3.54. The molecule has 3 heterocycles. The predicted molar refractivity (Wildman–Crippen MR) is 88.2 cm³/mol. The van der Waals surface area contributed by atoms with Crippen molar-refractivity contribution in [1.29, 1.82) is 0 Å². The Bertz CT molecular complexity index is 994. The summed E-state index contributed by atoms with van der Waals surface area (Å²) in [6.07, 6.45) is 1.62. The zero-order valence-corrected chi connectivity index (χ0v) is 13.7. The van der Waals surface area contributed by atoms with Gasteiger partial charge in [0, 0.05) is 35.6 Å². The number of nitrogens with zero attached hydrogens (tertiary/aromatic N) is 2. The average molecular weight is 352 g/mol. The summed E-state index contributed by atoms with van der Waals surface area (Å²) in [6, 6.07) is 6.71. The molecule has 0 atom stereocenters. The highest BCUT2D eigenvalue weighted by Crippen LogP contribution is 2.32. The van der Waals surface area contributed by atoms with Crippen LogP contribution in [0.15, 0.2) is 35.4 Å². The molecule has 1 fully saturated rings.